The molecule has 2 saturated heterocycles. The molecule has 0 unspecified atom stereocenters. The van der Waals surface area contributed by atoms with Crippen molar-refractivity contribution < 1.29 is 9.47 Å². The first-order valence-corrected chi connectivity index (χ1v) is 8.57. The SMILES string of the molecule is CCN1CCC2(CC1)OCCO2.CN1CCC2=C1NCC=C2. The molecule has 1 N–H and O–H groups in total. The lowest BCUT2D eigenvalue weighted by Gasteiger charge is -2.36. The average Bonchev–Trinajstić information content (AvgIpc) is 3.17. The van der Waals surface area contributed by atoms with Gasteiger partial charge in [-0.3, -0.25) is 0 Å². The van der Waals surface area contributed by atoms with Crippen molar-refractivity contribution in [3.05, 3.63) is 23.5 Å². The minimum absolute atomic E-state index is 0.189. The first-order chi connectivity index (χ1) is 10.7. The van der Waals surface area contributed by atoms with Gasteiger partial charge >= 0.3 is 0 Å². The van der Waals surface area contributed by atoms with Gasteiger partial charge in [-0.25, -0.2) is 0 Å². The molecule has 4 heterocycles. The molecule has 0 bridgehead atoms. The second-order valence-electron chi connectivity index (χ2n) is 6.37. The second-order valence-corrected chi connectivity index (χ2v) is 6.37. The van der Waals surface area contributed by atoms with Crippen molar-refractivity contribution in [2.45, 2.75) is 32.0 Å². The van der Waals surface area contributed by atoms with Crippen LogP contribution < -0.4 is 5.32 Å². The van der Waals surface area contributed by atoms with Gasteiger partial charge in [-0.05, 0) is 18.5 Å². The summed E-state index contributed by atoms with van der Waals surface area (Å²) in [4.78, 5) is 4.72. The Labute approximate surface area is 133 Å². The number of hydrogen-bond acceptors (Lipinski definition) is 5. The molecule has 0 amide bonds. The summed E-state index contributed by atoms with van der Waals surface area (Å²) in [6.45, 7) is 9.32. The quantitative estimate of drug-likeness (QED) is 0.795. The molecule has 0 atom stereocenters. The Kier molecular flexibility index (Phi) is 5.06. The van der Waals surface area contributed by atoms with E-state index >= 15 is 0 Å². The standard InChI is InChI=1S/C9H17NO2.C8H12N2/c1-2-10-5-3-9(4-6-10)11-7-8-12-9;1-10-6-4-7-3-2-5-9-8(7)10/h2-8H2,1H3;2-3,9H,4-6H2,1H3. The molecule has 0 saturated carbocycles. The maximum Gasteiger partial charge on any atom is 0.170 e. The van der Waals surface area contributed by atoms with Crippen LogP contribution in [0, 0.1) is 0 Å². The van der Waals surface area contributed by atoms with E-state index in [9.17, 15) is 0 Å². The number of rotatable bonds is 1. The van der Waals surface area contributed by atoms with Crippen LogP contribution in [0.25, 0.3) is 0 Å². The molecule has 124 valence electrons. The van der Waals surface area contributed by atoms with Gasteiger partial charge in [0.15, 0.2) is 5.79 Å². The van der Waals surface area contributed by atoms with Crippen molar-refractivity contribution in [1.82, 2.24) is 15.1 Å². The normalized spacial score (nSPS) is 26.7. The lowest BCUT2D eigenvalue weighted by atomic mass is 10.0. The fourth-order valence-electron chi connectivity index (χ4n) is 3.53. The van der Waals surface area contributed by atoms with Crippen molar-refractivity contribution in [2.24, 2.45) is 0 Å². The van der Waals surface area contributed by atoms with Crippen LogP contribution in [0.5, 0.6) is 0 Å². The predicted octanol–water partition coefficient (Wildman–Crippen LogP) is 1.54. The highest BCUT2D eigenvalue weighted by atomic mass is 16.7. The van der Waals surface area contributed by atoms with E-state index < -0.39 is 0 Å². The van der Waals surface area contributed by atoms with Gasteiger partial charge in [-0.1, -0.05) is 19.1 Å². The van der Waals surface area contributed by atoms with Crippen molar-refractivity contribution >= 4 is 0 Å². The van der Waals surface area contributed by atoms with Gasteiger partial charge in [0.2, 0.25) is 0 Å². The van der Waals surface area contributed by atoms with E-state index in [-0.39, 0.29) is 5.79 Å². The summed E-state index contributed by atoms with van der Waals surface area (Å²) < 4.78 is 11.3. The maximum absolute atomic E-state index is 5.63. The molecule has 5 nitrogen and oxygen atoms in total. The lowest BCUT2D eigenvalue weighted by Crippen LogP contribution is -2.44. The van der Waals surface area contributed by atoms with Gasteiger partial charge in [0.1, 0.15) is 5.82 Å². The van der Waals surface area contributed by atoms with Gasteiger partial charge in [0.05, 0.1) is 13.2 Å². The van der Waals surface area contributed by atoms with Crippen LogP contribution in [0.4, 0.5) is 0 Å². The van der Waals surface area contributed by atoms with Crippen molar-refractivity contribution in [3.63, 3.8) is 0 Å². The lowest BCUT2D eigenvalue weighted by molar-refractivity contribution is -0.184. The predicted molar refractivity (Wildman–Crippen MR) is 87.4 cm³/mol. The first-order valence-electron chi connectivity index (χ1n) is 8.57. The number of allylic oxidation sites excluding steroid dienone is 1. The minimum Gasteiger partial charge on any atom is -0.368 e. The molecule has 5 heteroatoms. The van der Waals surface area contributed by atoms with Crippen molar-refractivity contribution in [1.29, 1.82) is 0 Å². The number of piperidine rings is 1. The third-order valence-corrected chi connectivity index (χ3v) is 4.99. The Morgan fingerprint density at radius 2 is 1.91 bits per heavy atom. The Balaban J connectivity index is 0.000000133. The molecule has 4 aliphatic heterocycles. The number of nitrogens with zero attached hydrogens (tertiary/aromatic N) is 2. The molecular formula is C17H29N3O2. The number of dihydropyridines is 1. The molecule has 0 aromatic heterocycles. The largest absolute Gasteiger partial charge is 0.368 e. The second kappa shape index (κ2) is 7.02. The highest BCUT2D eigenvalue weighted by Crippen LogP contribution is 2.30. The van der Waals surface area contributed by atoms with Crippen LogP contribution in [-0.4, -0.2) is 68.6 Å². The van der Waals surface area contributed by atoms with Gasteiger partial charge in [-0.2, -0.15) is 0 Å². The van der Waals surface area contributed by atoms with Crippen molar-refractivity contribution in [3.8, 4) is 0 Å². The number of nitrogens with one attached hydrogen (secondary N) is 1. The Hall–Kier alpha value is -1.04. The molecule has 0 aromatic rings. The van der Waals surface area contributed by atoms with E-state index in [1.807, 2.05) is 0 Å². The number of ether oxygens (including phenoxy) is 2. The van der Waals surface area contributed by atoms with Crippen LogP contribution in [0.3, 0.4) is 0 Å². The summed E-state index contributed by atoms with van der Waals surface area (Å²) in [5.74, 6) is 1.15. The van der Waals surface area contributed by atoms with Crippen LogP contribution >= 0.6 is 0 Å². The Morgan fingerprint density at radius 3 is 2.55 bits per heavy atom. The average molecular weight is 307 g/mol. The molecule has 1 spiro atoms. The monoisotopic (exact) mass is 307 g/mol. The summed E-state index contributed by atoms with van der Waals surface area (Å²) in [5, 5.41) is 3.35. The fraction of sp³-hybridized carbons (Fsp3) is 0.765. The summed E-state index contributed by atoms with van der Waals surface area (Å²) in [6.07, 6.45) is 7.70. The van der Waals surface area contributed by atoms with Gasteiger partial charge in [-0.15, -0.1) is 0 Å². The molecule has 2 fully saturated rings. The van der Waals surface area contributed by atoms with Crippen LogP contribution in [0.1, 0.15) is 26.2 Å². The van der Waals surface area contributed by atoms with E-state index in [0.29, 0.717) is 0 Å². The zero-order valence-electron chi connectivity index (χ0n) is 13.9. The molecule has 0 radical (unpaired) electrons. The summed E-state index contributed by atoms with van der Waals surface area (Å²) in [7, 11) is 2.13. The Bertz CT molecular complexity index is 431. The summed E-state index contributed by atoms with van der Waals surface area (Å²) >= 11 is 0. The Morgan fingerprint density at radius 1 is 1.18 bits per heavy atom. The third-order valence-electron chi connectivity index (χ3n) is 4.99. The van der Waals surface area contributed by atoms with Crippen LogP contribution in [-0.2, 0) is 9.47 Å². The first kappa shape index (κ1) is 15.8. The molecular weight excluding hydrogens is 278 g/mol. The highest BCUT2D eigenvalue weighted by Gasteiger charge is 2.39. The summed E-state index contributed by atoms with van der Waals surface area (Å²) in [5.41, 5.74) is 1.47. The van der Waals surface area contributed by atoms with E-state index in [0.717, 1.165) is 52.2 Å². The molecule has 22 heavy (non-hydrogen) atoms. The molecule has 0 aromatic carbocycles. The van der Waals surface area contributed by atoms with E-state index in [2.05, 4.69) is 41.2 Å². The molecule has 4 rings (SSSR count). The van der Waals surface area contributed by atoms with E-state index in [1.165, 1.54) is 24.4 Å². The molecule has 0 aliphatic carbocycles. The zero-order chi connectivity index (χ0) is 15.4. The van der Waals surface area contributed by atoms with Crippen LogP contribution in [0.15, 0.2) is 23.5 Å². The van der Waals surface area contributed by atoms with E-state index in [4.69, 9.17) is 9.47 Å². The van der Waals surface area contributed by atoms with Gasteiger partial charge in [0.25, 0.3) is 0 Å². The summed E-state index contributed by atoms with van der Waals surface area (Å²) in [6, 6.07) is 0. The topological polar surface area (TPSA) is 37.0 Å². The molecule has 4 aliphatic rings. The number of hydrogen-bond donors (Lipinski definition) is 1. The van der Waals surface area contributed by atoms with Gasteiger partial charge in [0, 0.05) is 46.1 Å². The zero-order valence-corrected chi connectivity index (χ0v) is 13.9. The van der Waals surface area contributed by atoms with Gasteiger partial charge < -0.3 is 24.6 Å². The van der Waals surface area contributed by atoms with E-state index in [1.54, 1.807) is 0 Å². The number of likely N-dealkylation sites (tertiary alicyclic amines) is 1. The maximum atomic E-state index is 5.63. The highest BCUT2D eigenvalue weighted by molar-refractivity contribution is 5.31. The van der Waals surface area contributed by atoms with Crippen molar-refractivity contribution in [2.75, 3.05) is 53.0 Å². The smallest absolute Gasteiger partial charge is 0.170 e. The van der Waals surface area contributed by atoms with Crippen LogP contribution in [0.2, 0.25) is 0 Å². The minimum atomic E-state index is -0.189. The fourth-order valence-corrected chi connectivity index (χ4v) is 3.53. The third kappa shape index (κ3) is 3.47.